The molecule has 0 saturated carbocycles. The maximum Gasteiger partial charge on any atom is 0.270 e. The number of nitrogens with one attached hydrogen (secondary N) is 1. The first-order chi connectivity index (χ1) is 11.5. The van der Waals surface area contributed by atoms with Gasteiger partial charge in [-0.2, -0.15) is 0 Å². The van der Waals surface area contributed by atoms with Crippen LogP contribution in [0.1, 0.15) is 38.7 Å². The van der Waals surface area contributed by atoms with Gasteiger partial charge in [0.1, 0.15) is 5.75 Å². The molecule has 0 aromatic heterocycles. The zero-order valence-electron chi connectivity index (χ0n) is 15.4. The number of non-ortho nitro benzene ring substituents is 1. The van der Waals surface area contributed by atoms with Crippen LogP contribution < -0.4 is 10.1 Å². The maximum atomic E-state index is 11.1. The molecule has 1 heterocycles. The number of nitro groups is 1. The van der Waals surface area contributed by atoms with E-state index in [-0.39, 0.29) is 29.1 Å². The number of rotatable bonds is 8. The average molecular weight is 372 g/mol. The van der Waals surface area contributed by atoms with E-state index in [1.807, 2.05) is 20.9 Å². The van der Waals surface area contributed by atoms with Crippen molar-refractivity contribution < 1.29 is 9.66 Å². The Balaban J connectivity index is 0.00000312. The number of nitrogens with zero attached hydrogens (tertiary/aromatic N) is 2. The lowest BCUT2D eigenvalue weighted by atomic mass is 9.93. The van der Waals surface area contributed by atoms with Crippen molar-refractivity contribution in [1.29, 1.82) is 0 Å². The number of hydrogen-bond donors (Lipinski definition) is 1. The van der Waals surface area contributed by atoms with Crippen LogP contribution in [0.2, 0.25) is 0 Å². The predicted molar refractivity (Wildman–Crippen MR) is 103 cm³/mol. The van der Waals surface area contributed by atoms with E-state index in [2.05, 4.69) is 10.2 Å². The minimum atomic E-state index is -0.341. The maximum absolute atomic E-state index is 11.1. The zero-order chi connectivity index (χ0) is 17.5. The summed E-state index contributed by atoms with van der Waals surface area (Å²) in [5, 5.41) is 14.3. The van der Waals surface area contributed by atoms with Gasteiger partial charge >= 0.3 is 0 Å². The van der Waals surface area contributed by atoms with Gasteiger partial charge in [-0.1, -0.05) is 0 Å². The third-order valence-electron chi connectivity index (χ3n) is 4.52. The molecule has 1 N–H and O–H groups in total. The summed E-state index contributed by atoms with van der Waals surface area (Å²) in [6.45, 7) is 7.80. The van der Waals surface area contributed by atoms with E-state index in [1.165, 1.54) is 25.3 Å². The summed E-state index contributed by atoms with van der Waals surface area (Å²) < 4.78 is 5.84. The molecule has 142 valence electrons. The fourth-order valence-corrected chi connectivity index (χ4v) is 3.19. The molecule has 0 amide bonds. The van der Waals surface area contributed by atoms with E-state index in [9.17, 15) is 10.1 Å². The molecule has 6 nitrogen and oxygen atoms in total. The van der Waals surface area contributed by atoms with Crippen molar-refractivity contribution in [2.24, 2.45) is 5.92 Å². The number of hydrogen-bond acceptors (Lipinski definition) is 5. The lowest BCUT2D eigenvalue weighted by Crippen LogP contribution is -2.34. The summed E-state index contributed by atoms with van der Waals surface area (Å²) in [6.07, 6.45) is 3.66. The SMILES string of the molecule is CNCCC1CCN(Cc2cc([N+](=O)[O-])ccc2OC(C)C)CC1.Cl. The van der Waals surface area contributed by atoms with Crippen molar-refractivity contribution in [3.63, 3.8) is 0 Å². The second-order valence-electron chi connectivity index (χ2n) is 6.83. The highest BCUT2D eigenvalue weighted by atomic mass is 35.5. The summed E-state index contributed by atoms with van der Waals surface area (Å²) in [5.74, 6) is 1.54. The van der Waals surface area contributed by atoms with E-state index in [0.29, 0.717) is 6.54 Å². The Hall–Kier alpha value is -1.37. The Kier molecular flexibility index (Phi) is 9.17. The lowest BCUT2D eigenvalue weighted by Gasteiger charge is -2.32. The molecule has 1 aliphatic rings. The fourth-order valence-electron chi connectivity index (χ4n) is 3.19. The first-order valence-corrected chi connectivity index (χ1v) is 8.80. The molecule has 25 heavy (non-hydrogen) atoms. The van der Waals surface area contributed by atoms with Crippen molar-refractivity contribution in [2.45, 2.75) is 45.8 Å². The number of ether oxygens (including phenoxy) is 1. The van der Waals surface area contributed by atoms with E-state index in [1.54, 1.807) is 12.1 Å². The molecule has 1 fully saturated rings. The molecular formula is C18H30ClN3O3. The molecule has 0 radical (unpaired) electrons. The number of piperidine rings is 1. The van der Waals surface area contributed by atoms with E-state index < -0.39 is 0 Å². The fraction of sp³-hybridized carbons (Fsp3) is 0.667. The molecule has 1 aliphatic heterocycles. The van der Waals surface area contributed by atoms with Gasteiger partial charge in [0.2, 0.25) is 0 Å². The third kappa shape index (κ3) is 6.80. The highest BCUT2D eigenvalue weighted by molar-refractivity contribution is 5.85. The molecular weight excluding hydrogens is 342 g/mol. The second kappa shape index (κ2) is 10.6. The average Bonchev–Trinajstić information content (AvgIpc) is 2.55. The first kappa shape index (κ1) is 21.7. The Morgan fingerprint density at radius 2 is 2.04 bits per heavy atom. The van der Waals surface area contributed by atoms with Crippen molar-refractivity contribution in [3.8, 4) is 5.75 Å². The standard InChI is InChI=1S/C18H29N3O3.ClH/c1-14(2)24-18-5-4-17(21(22)23)12-16(18)13-20-10-7-15(8-11-20)6-9-19-3;/h4-5,12,14-15,19H,6-11,13H2,1-3H3;1H. The van der Waals surface area contributed by atoms with Crippen molar-refractivity contribution in [1.82, 2.24) is 10.2 Å². The zero-order valence-corrected chi connectivity index (χ0v) is 16.2. The van der Waals surface area contributed by atoms with E-state index in [0.717, 1.165) is 36.9 Å². The van der Waals surface area contributed by atoms with Gasteiger partial charge in [0.25, 0.3) is 5.69 Å². The van der Waals surface area contributed by atoms with Gasteiger partial charge in [-0.15, -0.1) is 12.4 Å². The Morgan fingerprint density at radius 3 is 2.60 bits per heavy atom. The molecule has 0 aliphatic carbocycles. The quantitative estimate of drug-likeness (QED) is 0.558. The molecule has 1 saturated heterocycles. The topological polar surface area (TPSA) is 67.6 Å². The number of likely N-dealkylation sites (tertiary alicyclic amines) is 1. The Morgan fingerprint density at radius 1 is 1.36 bits per heavy atom. The van der Waals surface area contributed by atoms with Crippen LogP contribution in [0.5, 0.6) is 5.75 Å². The minimum Gasteiger partial charge on any atom is -0.491 e. The first-order valence-electron chi connectivity index (χ1n) is 8.80. The molecule has 0 spiro atoms. The molecule has 1 aromatic rings. The van der Waals surface area contributed by atoms with Crippen LogP contribution in [0, 0.1) is 16.0 Å². The van der Waals surface area contributed by atoms with E-state index in [4.69, 9.17) is 4.74 Å². The van der Waals surface area contributed by atoms with Crippen LogP contribution in [0.15, 0.2) is 18.2 Å². The highest BCUT2D eigenvalue weighted by Gasteiger charge is 2.21. The largest absolute Gasteiger partial charge is 0.491 e. The number of nitro benzene ring substituents is 1. The van der Waals surface area contributed by atoms with Gasteiger partial charge in [0, 0.05) is 24.2 Å². The van der Waals surface area contributed by atoms with Gasteiger partial charge in [-0.3, -0.25) is 15.0 Å². The number of benzene rings is 1. The van der Waals surface area contributed by atoms with Crippen molar-refractivity contribution in [2.75, 3.05) is 26.7 Å². The van der Waals surface area contributed by atoms with Crippen molar-refractivity contribution >= 4 is 18.1 Å². The third-order valence-corrected chi connectivity index (χ3v) is 4.52. The summed E-state index contributed by atoms with van der Waals surface area (Å²) in [6, 6.07) is 4.91. The molecule has 0 unspecified atom stereocenters. The smallest absolute Gasteiger partial charge is 0.270 e. The molecule has 7 heteroatoms. The Bertz CT molecular complexity index is 546. The summed E-state index contributed by atoms with van der Waals surface area (Å²) >= 11 is 0. The van der Waals surface area contributed by atoms with Crippen LogP contribution in [-0.4, -0.2) is 42.6 Å². The van der Waals surface area contributed by atoms with Gasteiger partial charge in [0.05, 0.1) is 11.0 Å². The number of halogens is 1. The predicted octanol–water partition coefficient (Wildman–Crippen LogP) is 3.63. The van der Waals surface area contributed by atoms with Gasteiger partial charge < -0.3 is 10.1 Å². The van der Waals surface area contributed by atoms with Crippen LogP contribution in [0.25, 0.3) is 0 Å². The molecule has 2 rings (SSSR count). The monoisotopic (exact) mass is 371 g/mol. The Labute approximate surface area is 156 Å². The lowest BCUT2D eigenvalue weighted by molar-refractivity contribution is -0.385. The normalized spacial score (nSPS) is 15.8. The summed E-state index contributed by atoms with van der Waals surface area (Å²) in [7, 11) is 1.99. The van der Waals surface area contributed by atoms with Crippen LogP contribution >= 0.6 is 12.4 Å². The second-order valence-corrected chi connectivity index (χ2v) is 6.83. The summed E-state index contributed by atoms with van der Waals surface area (Å²) in [4.78, 5) is 13.1. The highest BCUT2D eigenvalue weighted by Crippen LogP contribution is 2.28. The van der Waals surface area contributed by atoms with Crippen LogP contribution in [0.3, 0.4) is 0 Å². The van der Waals surface area contributed by atoms with Gasteiger partial charge in [-0.05, 0) is 71.8 Å². The van der Waals surface area contributed by atoms with Crippen molar-refractivity contribution in [3.05, 3.63) is 33.9 Å². The van der Waals surface area contributed by atoms with Gasteiger partial charge in [-0.25, -0.2) is 0 Å². The van der Waals surface area contributed by atoms with Crippen LogP contribution in [0.4, 0.5) is 5.69 Å². The van der Waals surface area contributed by atoms with Crippen LogP contribution in [-0.2, 0) is 6.54 Å². The summed E-state index contributed by atoms with van der Waals surface area (Å²) in [5.41, 5.74) is 1.04. The molecule has 0 atom stereocenters. The molecule has 0 bridgehead atoms. The molecule has 1 aromatic carbocycles. The van der Waals surface area contributed by atoms with E-state index >= 15 is 0 Å². The minimum absolute atomic E-state index is 0. The van der Waals surface area contributed by atoms with Gasteiger partial charge in [0.15, 0.2) is 0 Å².